The Bertz CT molecular complexity index is 1110. The molecule has 4 atom stereocenters. The minimum absolute atomic E-state index is 0.0821. The van der Waals surface area contributed by atoms with Crippen molar-refractivity contribution < 1.29 is 22.8 Å². The monoisotopic (exact) mass is 455 g/mol. The van der Waals surface area contributed by atoms with Crippen LogP contribution in [0.4, 0.5) is 13.2 Å². The first-order chi connectivity index (χ1) is 15.8. The van der Waals surface area contributed by atoms with Crippen LogP contribution in [0.3, 0.4) is 0 Å². The number of hydrogen-bond donors (Lipinski definition) is 0. The van der Waals surface area contributed by atoms with E-state index in [0.717, 1.165) is 37.9 Å². The first-order valence-electron chi connectivity index (χ1n) is 11.1. The molecule has 1 aromatic carbocycles. The second kappa shape index (κ2) is 8.09. The van der Waals surface area contributed by atoms with Gasteiger partial charge in [0, 0.05) is 30.9 Å². The van der Waals surface area contributed by atoms with Crippen molar-refractivity contribution in [2.75, 3.05) is 13.6 Å². The molecule has 3 saturated heterocycles. The summed E-state index contributed by atoms with van der Waals surface area (Å²) in [6.45, 7) is 0.860. The van der Waals surface area contributed by atoms with Gasteiger partial charge in [-0.15, -0.1) is 0 Å². The van der Waals surface area contributed by atoms with Crippen LogP contribution >= 0.6 is 0 Å². The van der Waals surface area contributed by atoms with Gasteiger partial charge in [-0.1, -0.05) is 30.7 Å². The SMILES string of the molecule is CN1C(=O)C2C(C1=O)C1CCCCN1C2C=Cc1ccc(-c2cccc(C(F)(F)F)c2)cn1. The molecule has 4 heterocycles. The minimum atomic E-state index is -4.40. The number of imide groups is 1. The number of aromatic nitrogens is 1. The average Bonchev–Trinajstić information content (AvgIpc) is 3.26. The van der Waals surface area contributed by atoms with Crippen LogP contribution in [0.25, 0.3) is 17.2 Å². The molecule has 5 nitrogen and oxygen atoms in total. The standard InChI is InChI=1S/C25H24F3N3O2/c1-30-23(32)21-19-7-2-3-12-31(19)20(22(21)24(30)33)11-10-18-9-8-16(14-29-18)15-5-4-6-17(13-15)25(26,27)28/h4-6,8-11,13-14,19-22H,2-3,7,12H2,1H3. The van der Waals surface area contributed by atoms with Gasteiger partial charge in [0.15, 0.2) is 0 Å². The van der Waals surface area contributed by atoms with Gasteiger partial charge in [0.05, 0.1) is 23.1 Å². The molecular weight excluding hydrogens is 431 g/mol. The lowest BCUT2D eigenvalue weighted by atomic mass is 9.87. The van der Waals surface area contributed by atoms with E-state index >= 15 is 0 Å². The van der Waals surface area contributed by atoms with Crippen molar-refractivity contribution >= 4 is 17.9 Å². The summed E-state index contributed by atoms with van der Waals surface area (Å²) in [6, 6.07) is 8.58. The Hall–Kier alpha value is -3.00. The van der Waals surface area contributed by atoms with Crippen molar-refractivity contribution in [1.29, 1.82) is 0 Å². The maximum absolute atomic E-state index is 13.0. The summed E-state index contributed by atoms with van der Waals surface area (Å²) in [5.74, 6) is -0.858. The van der Waals surface area contributed by atoms with Crippen LogP contribution in [-0.2, 0) is 15.8 Å². The van der Waals surface area contributed by atoms with Gasteiger partial charge in [-0.05, 0) is 49.2 Å². The zero-order valence-corrected chi connectivity index (χ0v) is 18.1. The largest absolute Gasteiger partial charge is 0.416 e. The molecule has 3 aliphatic heterocycles. The number of nitrogens with zero attached hydrogens (tertiary/aromatic N) is 3. The predicted molar refractivity (Wildman–Crippen MR) is 117 cm³/mol. The van der Waals surface area contributed by atoms with Crippen molar-refractivity contribution in [1.82, 2.24) is 14.8 Å². The van der Waals surface area contributed by atoms with Gasteiger partial charge >= 0.3 is 6.18 Å². The van der Waals surface area contributed by atoms with Gasteiger partial charge < -0.3 is 0 Å². The van der Waals surface area contributed by atoms with Crippen LogP contribution in [0.5, 0.6) is 0 Å². The van der Waals surface area contributed by atoms with E-state index in [1.807, 2.05) is 12.2 Å². The third-order valence-corrected chi connectivity index (χ3v) is 7.15. The third-order valence-electron chi connectivity index (χ3n) is 7.15. The van der Waals surface area contributed by atoms with Crippen LogP contribution < -0.4 is 0 Å². The number of fused-ring (bicyclic) bond motifs is 3. The Kier molecular flexibility index (Phi) is 5.35. The summed E-state index contributed by atoms with van der Waals surface area (Å²) < 4.78 is 39.0. The predicted octanol–water partition coefficient (Wildman–Crippen LogP) is 4.25. The Balaban J connectivity index is 1.38. The van der Waals surface area contributed by atoms with Crippen LogP contribution in [0, 0.1) is 11.8 Å². The fraction of sp³-hybridized carbons (Fsp3) is 0.400. The highest BCUT2D eigenvalue weighted by molar-refractivity contribution is 6.06. The van der Waals surface area contributed by atoms with Crippen LogP contribution in [0.15, 0.2) is 48.7 Å². The number of carbonyl (C=O) groups excluding carboxylic acids is 2. The summed E-state index contributed by atoms with van der Waals surface area (Å²) in [7, 11) is 1.56. The number of benzene rings is 1. The Morgan fingerprint density at radius 1 is 1.03 bits per heavy atom. The summed E-state index contributed by atoms with van der Waals surface area (Å²) in [5.41, 5.74) is 0.985. The van der Waals surface area contributed by atoms with Crippen molar-refractivity contribution in [3.05, 3.63) is 59.9 Å². The Morgan fingerprint density at radius 2 is 1.82 bits per heavy atom. The fourth-order valence-electron chi connectivity index (χ4n) is 5.54. The van der Waals surface area contributed by atoms with Crippen molar-refractivity contribution in [2.24, 2.45) is 11.8 Å². The highest BCUT2D eigenvalue weighted by Crippen LogP contribution is 2.46. The molecule has 0 aliphatic carbocycles. The Labute approximate surface area is 189 Å². The normalized spacial score (nSPS) is 27.9. The number of piperidine rings is 1. The minimum Gasteiger partial charge on any atom is -0.292 e. The number of rotatable bonds is 3. The lowest BCUT2D eigenvalue weighted by Gasteiger charge is -2.35. The summed E-state index contributed by atoms with van der Waals surface area (Å²) in [5, 5.41) is 0. The molecule has 172 valence electrons. The number of halogens is 3. The first kappa shape index (κ1) is 21.8. The maximum Gasteiger partial charge on any atom is 0.416 e. The molecule has 5 rings (SSSR count). The number of carbonyl (C=O) groups is 2. The fourth-order valence-corrected chi connectivity index (χ4v) is 5.54. The zero-order valence-electron chi connectivity index (χ0n) is 18.1. The summed E-state index contributed by atoms with van der Waals surface area (Å²) in [6.07, 6.45) is 3.97. The molecule has 0 radical (unpaired) electrons. The number of amides is 2. The quantitative estimate of drug-likeness (QED) is 0.650. The molecule has 1 aromatic heterocycles. The average molecular weight is 455 g/mol. The van der Waals surface area contributed by atoms with E-state index in [0.29, 0.717) is 16.8 Å². The van der Waals surface area contributed by atoms with Crippen LogP contribution in [0.1, 0.15) is 30.5 Å². The van der Waals surface area contributed by atoms with Crippen molar-refractivity contribution in [3.63, 3.8) is 0 Å². The summed E-state index contributed by atoms with van der Waals surface area (Å²) >= 11 is 0. The lowest BCUT2D eigenvalue weighted by molar-refractivity contribution is -0.140. The molecule has 0 saturated carbocycles. The topological polar surface area (TPSA) is 53.5 Å². The van der Waals surface area contributed by atoms with Gasteiger partial charge in [0.25, 0.3) is 0 Å². The molecule has 2 amide bonds. The second-order valence-corrected chi connectivity index (χ2v) is 8.99. The van der Waals surface area contributed by atoms with E-state index in [2.05, 4.69) is 9.88 Å². The number of likely N-dealkylation sites (tertiary alicyclic amines) is 1. The molecule has 8 heteroatoms. The highest BCUT2D eigenvalue weighted by Gasteiger charge is 2.60. The molecule has 33 heavy (non-hydrogen) atoms. The second-order valence-electron chi connectivity index (χ2n) is 8.99. The molecule has 0 N–H and O–H groups in total. The lowest BCUT2D eigenvalue weighted by Crippen LogP contribution is -2.45. The zero-order chi connectivity index (χ0) is 23.3. The smallest absolute Gasteiger partial charge is 0.292 e. The number of pyridine rings is 1. The molecule has 2 aromatic rings. The van der Waals surface area contributed by atoms with E-state index in [-0.39, 0.29) is 35.7 Å². The molecule has 3 aliphatic rings. The van der Waals surface area contributed by atoms with Crippen molar-refractivity contribution in [2.45, 2.75) is 37.5 Å². The molecule has 0 bridgehead atoms. The van der Waals surface area contributed by atoms with E-state index in [1.165, 1.54) is 11.0 Å². The maximum atomic E-state index is 13.0. The van der Waals surface area contributed by atoms with Crippen molar-refractivity contribution in [3.8, 4) is 11.1 Å². The number of alkyl halides is 3. The number of hydrogen-bond acceptors (Lipinski definition) is 4. The van der Waals surface area contributed by atoms with Gasteiger partial charge in [0.2, 0.25) is 11.8 Å². The molecule has 3 fully saturated rings. The van der Waals surface area contributed by atoms with Gasteiger partial charge in [-0.25, -0.2) is 0 Å². The van der Waals surface area contributed by atoms with Gasteiger partial charge in [-0.3, -0.25) is 24.4 Å². The van der Waals surface area contributed by atoms with Gasteiger partial charge in [0.1, 0.15) is 0 Å². The van der Waals surface area contributed by atoms with E-state index < -0.39 is 11.7 Å². The molecular formula is C25H24F3N3O2. The molecule has 4 unspecified atom stereocenters. The first-order valence-corrected chi connectivity index (χ1v) is 11.1. The van der Waals surface area contributed by atoms with Crippen LogP contribution in [-0.4, -0.2) is 52.3 Å². The van der Waals surface area contributed by atoms with Crippen LogP contribution in [0.2, 0.25) is 0 Å². The third kappa shape index (κ3) is 3.76. The van der Waals surface area contributed by atoms with Gasteiger partial charge in [-0.2, -0.15) is 13.2 Å². The van der Waals surface area contributed by atoms with E-state index in [4.69, 9.17) is 0 Å². The molecule has 0 spiro atoms. The highest BCUT2D eigenvalue weighted by atomic mass is 19.4. The van der Waals surface area contributed by atoms with E-state index in [1.54, 1.807) is 31.4 Å². The van der Waals surface area contributed by atoms with E-state index in [9.17, 15) is 22.8 Å². The summed E-state index contributed by atoms with van der Waals surface area (Å²) in [4.78, 5) is 33.5. The Morgan fingerprint density at radius 3 is 2.55 bits per heavy atom.